The maximum atomic E-state index is 13.6. The first-order chi connectivity index (χ1) is 15.9. The molecule has 2 saturated heterocycles. The number of halogens is 1. The molecule has 0 bridgehead atoms. The number of hydrogen-bond donors (Lipinski definition) is 0. The zero-order valence-corrected chi connectivity index (χ0v) is 19.0. The van der Waals surface area contributed by atoms with Crippen LogP contribution in [-0.4, -0.2) is 46.9 Å². The standard InChI is InChI=1S/C24H18BrN3O5/c1-13(29)33-17-10-4-14(5-11-17)22(30)21-20-19(18-3-2-12-26-28(18)21)23(31)27(24(20)32)16-8-6-15(25)7-9-16/h2-12,18-21H,1H3/t18-,19-,20-,21+/m1/s1. The Morgan fingerprint density at radius 2 is 1.64 bits per heavy atom. The first-order valence-corrected chi connectivity index (χ1v) is 11.1. The zero-order valence-electron chi connectivity index (χ0n) is 17.4. The van der Waals surface area contributed by atoms with Crippen LogP contribution in [0, 0.1) is 11.8 Å². The number of allylic oxidation sites excluding steroid dienone is 1. The Kier molecular flexibility index (Phi) is 5.20. The Morgan fingerprint density at radius 1 is 0.970 bits per heavy atom. The number of anilines is 1. The molecule has 0 aliphatic carbocycles. The molecule has 3 aliphatic heterocycles. The van der Waals surface area contributed by atoms with E-state index in [1.54, 1.807) is 59.8 Å². The van der Waals surface area contributed by atoms with E-state index in [1.165, 1.54) is 24.0 Å². The zero-order chi connectivity index (χ0) is 23.3. The first-order valence-electron chi connectivity index (χ1n) is 10.3. The predicted molar refractivity (Wildman–Crippen MR) is 123 cm³/mol. The average Bonchev–Trinajstić information content (AvgIpc) is 3.27. The molecule has 5 rings (SSSR count). The van der Waals surface area contributed by atoms with Crippen molar-refractivity contribution in [3.8, 4) is 5.75 Å². The Hall–Kier alpha value is -3.59. The normalized spacial score (nSPS) is 25.3. The van der Waals surface area contributed by atoms with E-state index in [-0.39, 0.29) is 11.7 Å². The van der Waals surface area contributed by atoms with Gasteiger partial charge in [0.1, 0.15) is 11.8 Å². The quantitative estimate of drug-likeness (QED) is 0.273. The molecule has 0 unspecified atom stereocenters. The first kappa shape index (κ1) is 21.3. The molecule has 0 aromatic heterocycles. The molecular formula is C24H18BrN3O5. The van der Waals surface area contributed by atoms with Crippen LogP contribution in [0.2, 0.25) is 0 Å². The number of benzene rings is 2. The third kappa shape index (κ3) is 3.48. The molecule has 0 radical (unpaired) electrons. The number of carbonyl (C=O) groups excluding carboxylic acids is 4. The van der Waals surface area contributed by atoms with Crippen LogP contribution in [0.25, 0.3) is 0 Å². The Balaban J connectivity index is 1.51. The largest absolute Gasteiger partial charge is 0.427 e. The number of imide groups is 1. The molecule has 3 heterocycles. The summed E-state index contributed by atoms with van der Waals surface area (Å²) >= 11 is 3.36. The summed E-state index contributed by atoms with van der Waals surface area (Å²) in [7, 11) is 0. The van der Waals surface area contributed by atoms with Gasteiger partial charge in [0.25, 0.3) is 0 Å². The predicted octanol–water partition coefficient (Wildman–Crippen LogP) is 2.97. The monoisotopic (exact) mass is 507 g/mol. The minimum Gasteiger partial charge on any atom is -0.427 e. The highest BCUT2D eigenvalue weighted by Crippen LogP contribution is 2.46. The number of rotatable bonds is 4. The SMILES string of the molecule is CC(=O)Oc1ccc(C(=O)[C@@H]2[C@@H]3C(=O)N(c4ccc(Br)cc4)C(=O)[C@@H]3[C@H]3C=CC=NN32)cc1. The molecule has 2 aromatic carbocycles. The molecule has 4 atom stereocenters. The fourth-order valence-corrected chi connectivity index (χ4v) is 4.97. The number of esters is 1. The lowest BCUT2D eigenvalue weighted by Crippen LogP contribution is -2.46. The van der Waals surface area contributed by atoms with E-state index in [0.717, 1.165) is 4.47 Å². The van der Waals surface area contributed by atoms with Gasteiger partial charge in [0.2, 0.25) is 11.8 Å². The van der Waals surface area contributed by atoms with Gasteiger partial charge in [0.05, 0.1) is 23.6 Å². The number of Topliss-reactive ketones (excluding diaryl/α,β-unsaturated/α-hetero) is 1. The molecule has 2 amide bonds. The number of hydrazone groups is 1. The third-order valence-corrected chi connectivity index (χ3v) is 6.57. The summed E-state index contributed by atoms with van der Waals surface area (Å²) in [6.45, 7) is 1.29. The highest BCUT2D eigenvalue weighted by atomic mass is 79.9. The highest BCUT2D eigenvalue weighted by molar-refractivity contribution is 9.10. The van der Waals surface area contributed by atoms with Crippen LogP contribution in [0.3, 0.4) is 0 Å². The van der Waals surface area contributed by atoms with Crippen molar-refractivity contribution in [3.63, 3.8) is 0 Å². The summed E-state index contributed by atoms with van der Waals surface area (Å²) in [6.07, 6.45) is 5.07. The van der Waals surface area contributed by atoms with Crippen molar-refractivity contribution in [2.45, 2.75) is 19.0 Å². The maximum absolute atomic E-state index is 13.6. The summed E-state index contributed by atoms with van der Waals surface area (Å²) in [5, 5.41) is 5.90. The lowest BCUT2D eigenvalue weighted by molar-refractivity contribution is -0.132. The van der Waals surface area contributed by atoms with Crippen LogP contribution >= 0.6 is 15.9 Å². The molecule has 8 nitrogen and oxygen atoms in total. The summed E-state index contributed by atoms with van der Waals surface area (Å²) in [6, 6.07) is 11.6. The molecule has 2 aromatic rings. The average molecular weight is 508 g/mol. The summed E-state index contributed by atoms with van der Waals surface area (Å²) in [5.41, 5.74) is 0.803. The van der Waals surface area contributed by atoms with E-state index < -0.39 is 35.8 Å². The van der Waals surface area contributed by atoms with Gasteiger partial charge in [-0.15, -0.1) is 0 Å². The van der Waals surface area contributed by atoms with Crippen molar-refractivity contribution >= 4 is 51.4 Å². The number of fused-ring (bicyclic) bond motifs is 3. The second-order valence-corrected chi connectivity index (χ2v) is 8.90. The van der Waals surface area contributed by atoms with Crippen molar-refractivity contribution in [2.24, 2.45) is 16.9 Å². The highest BCUT2D eigenvalue weighted by Gasteiger charge is 2.64. The van der Waals surface area contributed by atoms with Crippen LogP contribution in [0.15, 0.2) is 70.3 Å². The van der Waals surface area contributed by atoms with Crippen molar-refractivity contribution < 1.29 is 23.9 Å². The summed E-state index contributed by atoms with van der Waals surface area (Å²) in [4.78, 5) is 52.9. The lowest BCUT2D eigenvalue weighted by Gasteiger charge is -2.30. The summed E-state index contributed by atoms with van der Waals surface area (Å²) in [5.74, 6) is -2.82. The van der Waals surface area contributed by atoms with Crippen LogP contribution in [0.4, 0.5) is 5.69 Å². The van der Waals surface area contributed by atoms with Crippen molar-refractivity contribution in [1.29, 1.82) is 0 Å². The number of ketones is 1. The van der Waals surface area contributed by atoms with Gasteiger partial charge in [-0.2, -0.15) is 5.10 Å². The Morgan fingerprint density at radius 3 is 2.30 bits per heavy atom. The third-order valence-electron chi connectivity index (χ3n) is 6.04. The fraction of sp³-hybridized carbons (Fsp3) is 0.208. The molecule has 3 aliphatic rings. The number of carbonyl (C=O) groups is 4. The molecule has 2 fully saturated rings. The fourth-order valence-electron chi connectivity index (χ4n) is 4.71. The van der Waals surface area contributed by atoms with Gasteiger partial charge >= 0.3 is 5.97 Å². The number of amides is 2. The molecular weight excluding hydrogens is 490 g/mol. The number of nitrogens with zero attached hydrogens (tertiary/aromatic N) is 3. The van der Waals surface area contributed by atoms with Gasteiger partial charge in [0, 0.05) is 23.2 Å². The summed E-state index contributed by atoms with van der Waals surface area (Å²) < 4.78 is 5.86. The van der Waals surface area contributed by atoms with Crippen molar-refractivity contribution in [2.75, 3.05) is 4.90 Å². The van der Waals surface area contributed by atoms with Crippen LogP contribution < -0.4 is 9.64 Å². The van der Waals surface area contributed by atoms with E-state index >= 15 is 0 Å². The van der Waals surface area contributed by atoms with Gasteiger partial charge < -0.3 is 4.74 Å². The van der Waals surface area contributed by atoms with E-state index in [1.807, 2.05) is 0 Å². The van der Waals surface area contributed by atoms with E-state index in [2.05, 4.69) is 21.0 Å². The molecule has 166 valence electrons. The van der Waals surface area contributed by atoms with E-state index in [0.29, 0.717) is 17.0 Å². The Labute approximate surface area is 197 Å². The minimum absolute atomic E-state index is 0.314. The molecule has 33 heavy (non-hydrogen) atoms. The molecule has 0 saturated carbocycles. The number of hydrogen-bond acceptors (Lipinski definition) is 7. The van der Waals surface area contributed by atoms with Gasteiger partial charge in [-0.05, 0) is 54.6 Å². The van der Waals surface area contributed by atoms with E-state index in [9.17, 15) is 19.2 Å². The molecule has 0 N–H and O–H groups in total. The second kappa shape index (κ2) is 8.08. The van der Waals surface area contributed by atoms with Gasteiger partial charge in [-0.3, -0.25) is 24.2 Å². The number of ether oxygens (including phenoxy) is 1. The smallest absolute Gasteiger partial charge is 0.308 e. The lowest BCUT2D eigenvalue weighted by atomic mass is 9.86. The topological polar surface area (TPSA) is 96.3 Å². The van der Waals surface area contributed by atoms with Crippen LogP contribution in [0.5, 0.6) is 5.75 Å². The Bertz CT molecular complexity index is 1220. The van der Waals surface area contributed by atoms with Gasteiger partial charge in [0.15, 0.2) is 5.78 Å². The van der Waals surface area contributed by atoms with Gasteiger partial charge in [-0.25, -0.2) is 4.90 Å². The van der Waals surface area contributed by atoms with Crippen molar-refractivity contribution in [1.82, 2.24) is 5.01 Å². The van der Waals surface area contributed by atoms with Crippen LogP contribution in [0.1, 0.15) is 17.3 Å². The van der Waals surface area contributed by atoms with Gasteiger partial charge in [-0.1, -0.05) is 22.0 Å². The minimum atomic E-state index is -0.933. The molecule has 9 heteroatoms. The van der Waals surface area contributed by atoms with Crippen LogP contribution in [-0.2, 0) is 14.4 Å². The maximum Gasteiger partial charge on any atom is 0.308 e. The van der Waals surface area contributed by atoms with Crippen molar-refractivity contribution in [3.05, 3.63) is 70.7 Å². The molecule has 0 spiro atoms. The van der Waals surface area contributed by atoms with E-state index in [4.69, 9.17) is 4.74 Å². The second-order valence-electron chi connectivity index (χ2n) is 7.99.